The van der Waals surface area contributed by atoms with Crippen molar-refractivity contribution in [3.8, 4) is 0 Å². The highest BCUT2D eigenvalue weighted by Crippen LogP contribution is 2.14. The second-order valence-electron chi connectivity index (χ2n) is 3.55. The molecule has 4 nitrogen and oxygen atoms in total. The first kappa shape index (κ1) is 10.9. The molecule has 0 saturated heterocycles. The maximum absolute atomic E-state index is 12.0. The summed E-state index contributed by atoms with van der Waals surface area (Å²) < 4.78 is 25.5. The molecular weight excluding hydrogens is 224 g/mol. The predicted molar refractivity (Wildman–Crippen MR) is 60.5 cm³/mol. The van der Waals surface area contributed by atoms with Crippen LogP contribution in [0.15, 0.2) is 47.5 Å². The Morgan fingerprint density at radius 1 is 1.19 bits per heavy atom. The molecule has 1 heterocycles. The van der Waals surface area contributed by atoms with Crippen molar-refractivity contribution in [2.45, 2.75) is 10.6 Å². The van der Waals surface area contributed by atoms with Crippen LogP contribution in [0, 0.1) is 0 Å². The molecule has 84 valence electrons. The molecule has 16 heavy (non-hydrogen) atoms. The van der Waals surface area contributed by atoms with E-state index in [9.17, 15) is 8.42 Å². The summed E-state index contributed by atoms with van der Waals surface area (Å²) in [4.78, 5) is 0.334. The van der Waals surface area contributed by atoms with Crippen LogP contribution in [0.2, 0.25) is 0 Å². The number of nitrogens with zero attached hydrogens (tertiary/aromatic N) is 2. The van der Waals surface area contributed by atoms with Gasteiger partial charge in [0, 0.05) is 13.2 Å². The molecule has 0 N–H and O–H groups in total. The van der Waals surface area contributed by atoms with Gasteiger partial charge in [-0.3, -0.25) is 4.68 Å². The minimum absolute atomic E-state index is 0.0577. The number of benzene rings is 1. The van der Waals surface area contributed by atoms with Crippen molar-refractivity contribution < 1.29 is 8.42 Å². The first-order chi connectivity index (χ1) is 7.58. The fourth-order valence-electron chi connectivity index (χ4n) is 1.45. The number of aromatic nitrogens is 2. The number of sulfone groups is 1. The third-order valence-corrected chi connectivity index (χ3v) is 3.88. The second kappa shape index (κ2) is 4.09. The molecule has 0 unspecified atom stereocenters. The molecule has 2 aromatic rings. The van der Waals surface area contributed by atoms with Crippen LogP contribution in [0.3, 0.4) is 0 Å². The normalized spacial score (nSPS) is 11.6. The van der Waals surface area contributed by atoms with Crippen molar-refractivity contribution in [2.24, 2.45) is 7.05 Å². The molecule has 0 fully saturated rings. The third-order valence-electron chi connectivity index (χ3n) is 2.21. The molecule has 0 saturated carbocycles. The summed E-state index contributed by atoms with van der Waals surface area (Å²) >= 11 is 0. The molecule has 0 bridgehead atoms. The van der Waals surface area contributed by atoms with Crippen molar-refractivity contribution >= 4 is 9.84 Å². The molecule has 5 heteroatoms. The van der Waals surface area contributed by atoms with Crippen molar-refractivity contribution in [1.29, 1.82) is 0 Å². The molecule has 1 aromatic carbocycles. The molecule has 0 aliphatic heterocycles. The van der Waals surface area contributed by atoms with E-state index in [1.54, 1.807) is 54.3 Å². The molecule has 1 aromatic heterocycles. The Bertz CT molecular complexity index is 573. The second-order valence-corrected chi connectivity index (χ2v) is 5.54. The van der Waals surface area contributed by atoms with Crippen LogP contribution in [0.25, 0.3) is 0 Å². The Hall–Kier alpha value is -1.62. The lowest BCUT2D eigenvalue weighted by atomic mass is 10.4. The largest absolute Gasteiger partial charge is 0.276 e. The van der Waals surface area contributed by atoms with Crippen LogP contribution in [0.1, 0.15) is 5.69 Å². The van der Waals surface area contributed by atoms with Gasteiger partial charge in [0.2, 0.25) is 0 Å². The van der Waals surface area contributed by atoms with Gasteiger partial charge in [0.15, 0.2) is 9.84 Å². The summed E-state index contributed by atoms with van der Waals surface area (Å²) in [5.74, 6) is -0.0577. The number of hydrogen-bond acceptors (Lipinski definition) is 3. The van der Waals surface area contributed by atoms with E-state index in [-0.39, 0.29) is 5.75 Å². The first-order valence-corrected chi connectivity index (χ1v) is 6.49. The van der Waals surface area contributed by atoms with Crippen LogP contribution < -0.4 is 0 Å². The maximum Gasteiger partial charge on any atom is 0.184 e. The number of aryl methyl sites for hydroxylation is 1. The predicted octanol–water partition coefficient (Wildman–Crippen LogP) is 1.39. The Morgan fingerprint density at radius 2 is 1.88 bits per heavy atom. The minimum Gasteiger partial charge on any atom is -0.276 e. The van der Waals surface area contributed by atoms with Crippen molar-refractivity contribution in [2.75, 3.05) is 0 Å². The zero-order chi connectivity index (χ0) is 11.6. The van der Waals surface area contributed by atoms with Crippen LogP contribution >= 0.6 is 0 Å². The Kier molecular flexibility index (Phi) is 2.78. The van der Waals surface area contributed by atoms with Gasteiger partial charge < -0.3 is 0 Å². The lowest BCUT2D eigenvalue weighted by Gasteiger charge is -2.01. The maximum atomic E-state index is 12.0. The standard InChI is InChI=1S/C11H12N2O2S/c1-13-8-7-10(12-13)9-16(14,15)11-5-3-2-4-6-11/h2-8H,9H2,1H3. The summed E-state index contributed by atoms with van der Waals surface area (Å²) in [5.41, 5.74) is 0.561. The van der Waals surface area contributed by atoms with Gasteiger partial charge in [-0.25, -0.2) is 8.42 Å². The fraction of sp³-hybridized carbons (Fsp3) is 0.182. The van der Waals surface area contributed by atoms with E-state index < -0.39 is 9.84 Å². The van der Waals surface area contributed by atoms with Crippen molar-refractivity contribution in [1.82, 2.24) is 9.78 Å². The topological polar surface area (TPSA) is 52.0 Å². The van der Waals surface area contributed by atoms with Gasteiger partial charge in [0.1, 0.15) is 0 Å². The zero-order valence-electron chi connectivity index (χ0n) is 8.87. The van der Waals surface area contributed by atoms with Crippen LogP contribution in [-0.4, -0.2) is 18.2 Å². The highest BCUT2D eigenvalue weighted by atomic mass is 32.2. The van der Waals surface area contributed by atoms with E-state index in [1.807, 2.05) is 0 Å². The molecule has 0 spiro atoms. The smallest absolute Gasteiger partial charge is 0.184 e. The lowest BCUT2D eigenvalue weighted by Crippen LogP contribution is -2.05. The molecule has 2 rings (SSSR count). The van der Waals surface area contributed by atoms with Crippen LogP contribution in [0.5, 0.6) is 0 Å². The molecule has 0 atom stereocenters. The van der Waals surface area contributed by atoms with Gasteiger partial charge in [-0.2, -0.15) is 5.10 Å². The SMILES string of the molecule is Cn1ccc(CS(=O)(=O)c2ccccc2)n1. The third kappa shape index (κ3) is 2.30. The summed E-state index contributed by atoms with van der Waals surface area (Å²) in [6, 6.07) is 10.1. The molecular formula is C11H12N2O2S. The highest BCUT2D eigenvalue weighted by molar-refractivity contribution is 7.90. The summed E-state index contributed by atoms with van der Waals surface area (Å²) in [6.45, 7) is 0. The first-order valence-electron chi connectivity index (χ1n) is 4.84. The van der Waals surface area contributed by atoms with Crippen molar-refractivity contribution in [3.05, 3.63) is 48.3 Å². The molecule has 0 aliphatic carbocycles. The van der Waals surface area contributed by atoms with E-state index in [4.69, 9.17) is 0 Å². The van der Waals surface area contributed by atoms with Gasteiger partial charge >= 0.3 is 0 Å². The van der Waals surface area contributed by atoms with Gasteiger partial charge in [0.25, 0.3) is 0 Å². The Balaban J connectivity index is 2.28. The minimum atomic E-state index is -3.28. The average molecular weight is 236 g/mol. The van der Waals surface area contributed by atoms with Gasteiger partial charge in [-0.1, -0.05) is 18.2 Å². The quantitative estimate of drug-likeness (QED) is 0.809. The highest BCUT2D eigenvalue weighted by Gasteiger charge is 2.15. The van der Waals surface area contributed by atoms with E-state index in [1.165, 1.54) is 0 Å². The summed E-state index contributed by atoms with van der Waals surface area (Å²) in [5, 5.41) is 4.06. The number of rotatable bonds is 3. The van der Waals surface area contributed by atoms with E-state index in [0.29, 0.717) is 10.6 Å². The fourth-order valence-corrected chi connectivity index (χ4v) is 2.73. The van der Waals surface area contributed by atoms with Crippen molar-refractivity contribution in [3.63, 3.8) is 0 Å². The van der Waals surface area contributed by atoms with Gasteiger partial charge in [-0.05, 0) is 18.2 Å². The van der Waals surface area contributed by atoms with Crippen LogP contribution in [-0.2, 0) is 22.6 Å². The summed E-state index contributed by atoms with van der Waals surface area (Å²) in [7, 11) is -1.51. The number of hydrogen-bond donors (Lipinski definition) is 0. The zero-order valence-corrected chi connectivity index (χ0v) is 9.68. The Labute approximate surface area is 94.5 Å². The van der Waals surface area contributed by atoms with E-state index >= 15 is 0 Å². The lowest BCUT2D eigenvalue weighted by molar-refractivity contribution is 0.594. The van der Waals surface area contributed by atoms with Gasteiger partial charge in [-0.15, -0.1) is 0 Å². The van der Waals surface area contributed by atoms with E-state index in [2.05, 4.69) is 5.10 Å². The summed E-state index contributed by atoms with van der Waals surface area (Å²) in [6.07, 6.45) is 1.73. The monoisotopic (exact) mass is 236 g/mol. The van der Waals surface area contributed by atoms with Crippen LogP contribution in [0.4, 0.5) is 0 Å². The Morgan fingerprint density at radius 3 is 2.44 bits per heavy atom. The molecule has 0 aliphatic rings. The molecule has 0 radical (unpaired) electrons. The average Bonchev–Trinajstić information content (AvgIpc) is 2.64. The van der Waals surface area contributed by atoms with Gasteiger partial charge in [0.05, 0.1) is 16.3 Å². The molecule has 0 amide bonds. The van der Waals surface area contributed by atoms with E-state index in [0.717, 1.165) is 0 Å².